The molecule has 1 fully saturated rings. The average Bonchev–Trinajstić information content (AvgIpc) is 3.20. The van der Waals surface area contributed by atoms with E-state index in [9.17, 15) is 9.59 Å². The van der Waals surface area contributed by atoms with Crippen LogP contribution in [0.2, 0.25) is 0 Å². The Morgan fingerprint density at radius 2 is 2.05 bits per heavy atom. The van der Waals surface area contributed by atoms with E-state index in [-0.39, 0.29) is 18.6 Å². The van der Waals surface area contributed by atoms with E-state index in [0.717, 1.165) is 5.56 Å². The molecule has 0 aliphatic heterocycles. The van der Waals surface area contributed by atoms with Crippen LogP contribution in [0.5, 0.6) is 0 Å². The number of ether oxygens (including phenoxy) is 1. The standard InChI is InChI=1S/C15H19NO3/c1-10-5-3-4-6-13(10)15(18)19-9-14(17)16-11(2)12-7-8-12/h3-6,11-12H,7-9H2,1-2H3,(H,16,17)/t11-/m0/s1. The van der Waals surface area contributed by atoms with Crippen LogP contribution < -0.4 is 5.32 Å². The van der Waals surface area contributed by atoms with Crippen molar-refractivity contribution in [1.82, 2.24) is 5.32 Å². The molecule has 102 valence electrons. The number of amides is 1. The molecule has 1 atom stereocenters. The fraction of sp³-hybridized carbons (Fsp3) is 0.467. The van der Waals surface area contributed by atoms with Gasteiger partial charge in [0.05, 0.1) is 5.56 Å². The number of rotatable bonds is 5. The zero-order valence-electron chi connectivity index (χ0n) is 11.3. The molecule has 1 N–H and O–H groups in total. The lowest BCUT2D eigenvalue weighted by atomic mass is 10.1. The van der Waals surface area contributed by atoms with E-state index in [1.54, 1.807) is 12.1 Å². The largest absolute Gasteiger partial charge is 0.452 e. The Labute approximate surface area is 113 Å². The molecule has 0 radical (unpaired) electrons. The van der Waals surface area contributed by atoms with Crippen LogP contribution in [0.25, 0.3) is 0 Å². The van der Waals surface area contributed by atoms with Gasteiger partial charge >= 0.3 is 5.97 Å². The molecular weight excluding hydrogens is 242 g/mol. The van der Waals surface area contributed by atoms with Crippen molar-refractivity contribution in [3.8, 4) is 0 Å². The second-order valence-corrected chi connectivity index (χ2v) is 5.08. The summed E-state index contributed by atoms with van der Waals surface area (Å²) in [5.41, 5.74) is 1.35. The van der Waals surface area contributed by atoms with Crippen molar-refractivity contribution < 1.29 is 14.3 Å². The second-order valence-electron chi connectivity index (χ2n) is 5.08. The summed E-state index contributed by atoms with van der Waals surface area (Å²) < 4.78 is 5.02. The van der Waals surface area contributed by atoms with E-state index in [0.29, 0.717) is 11.5 Å². The maximum atomic E-state index is 11.8. The Kier molecular flexibility index (Phi) is 4.20. The highest BCUT2D eigenvalue weighted by molar-refractivity contribution is 5.92. The van der Waals surface area contributed by atoms with Crippen molar-refractivity contribution in [3.05, 3.63) is 35.4 Å². The summed E-state index contributed by atoms with van der Waals surface area (Å²) in [7, 11) is 0. The molecule has 0 spiro atoms. The van der Waals surface area contributed by atoms with Gasteiger partial charge in [-0.05, 0) is 44.2 Å². The number of nitrogens with one attached hydrogen (secondary N) is 1. The monoisotopic (exact) mass is 261 g/mol. The summed E-state index contributed by atoms with van der Waals surface area (Å²) in [6, 6.07) is 7.34. The highest BCUT2D eigenvalue weighted by Gasteiger charge is 2.29. The number of hydrogen-bond acceptors (Lipinski definition) is 3. The van der Waals surface area contributed by atoms with Crippen molar-refractivity contribution in [3.63, 3.8) is 0 Å². The Morgan fingerprint density at radius 3 is 2.68 bits per heavy atom. The minimum atomic E-state index is -0.452. The number of carbonyl (C=O) groups excluding carboxylic acids is 2. The Morgan fingerprint density at radius 1 is 1.37 bits per heavy atom. The molecule has 4 heteroatoms. The third kappa shape index (κ3) is 3.81. The molecule has 1 aromatic carbocycles. The van der Waals surface area contributed by atoms with Crippen LogP contribution in [0.1, 0.15) is 35.7 Å². The first-order chi connectivity index (χ1) is 9.08. The van der Waals surface area contributed by atoms with Crippen molar-refractivity contribution in [2.75, 3.05) is 6.61 Å². The molecule has 1 aromatic rings. The Balaban J connectivity index is 1.80. The van der Waals surface area contributed by atoms with E-state index in [4.69, 9.17) is 4.74 Å². The summed E-state index contributed by atoms with van der Waals surface area (Å²) in [6.07, 6.45) is 2.34. The number of aryl methyl sites for hydroxylation is 1. The summed E-state index contributed by atoms with van der Waals surface area (Å²) in [4.78, 5) is 23.4. The highest BCUT2D eigenvalue weighted by Crippen LogP contribution is 2.32. The summed E-state index contributed by atoms with van der Waals surface area (Å²) in [6.45, 7) is 3.61. The van der Waals surface area contributed by atoms with Gasteiger partial charge in [-0.2, -0.15) is 0 Å². The molecule has 4 nitrogen and oxygen atoms in total. The highest BCUT2D eigenvalue weighted by atomic mass is 16.5. The molecule has 0 aromatic heterocycles. The van der Waals surface area contributed by atoms with Gasteiger partial charge in [-0.25, -0.2) is 4.79 Å². The summed E-state index contributed by atoms with van der Waals surface area (Å²) in [5, 5.41) is 2.85. The van der Waals surface area contributed by atoms with Gasteiger partial charge in [-0.1, -0.05) is 18.2 Å². The van der Waals surface area contributed by atoms with Gasteiger partial charge in [0.2, 0.25) is 0 Å². The van der Waals surface area contributed by atoms with Gasteiger partial charge in [0.15, 0.2) is 6.61 Å². The molecule has 19 heavy (non-hydrogen) atoms. The number of benzene rings is 1. The molecule has 0 unspecified atom stereocenters. The van der Waals surface area contributed by atoms with E-state index in [1.165, 1.54) is 12.8 Å². The van der Waals surface area contributed by atoms with Crippen LogP contribution in [-0.4, -0.2) is 24.5 Å². The van der Waals surface area contributed by atoms with Gasteiger partial charge < -0.3 is 10.1 Å². The predicted octanol–water partition coefficient (Wildman–Crippen LogP) is 2.07. The van der Waals surface area contributed by atoms with Crippen LogP contribution >= 0.6 is 0 Å². The Hall–Kier alpha value is -1.84. The second kappa shape index (κ2) is 5.87. The van der Waals surface area contributed by atoms with Crippen LogP contribution in [-0.2, 0) is 9.53 Å². The minimum Gasteiger partial charge on any atom is -0.452 e. The zero-order chi connectivity index (χ0) is 13.8. The zero-order valence-corrected chi connectivity index (χ0v) is 11.3. The molecule has 1 aliphatic rings. The topological polar surface area (TPSA) is 55.4 Å². The van der Waals surface area contributed by atoms with Gasteiger partial charge in [-0.15, -0.1) is 0 Å². The van der Waals surface area contributed by atoms with Gasteiger partial charge in [0.25, 0.3) is 5.91 Å². The molecule has 0 saturated heterocycles. The first kappa shape index (κ1) is 13.6. The lowest BCUT2D eigenvalue weighted by Gasteiger charge is -2.13. The number of hydrogen-bond donors (Lipinski definition) is 1. The van der Waals surface area contributed by atoms with Crippen LogP contribution in [0.4, 0.5) is 0 Å². The van der Waals surface area contributed by atoms with E-state index < -0.39 is 5.97 Å². The van der Waals surface area contributed by atoms with Gasteiger partial charge in [0, 0.05) is 6.04 Å². The van der Waals surface area contributed by atoms with Gasteiger partial charge in [0.1, 0.15) is 0 Å². The van der Waals surface area contributed by atoms with Crippen molar-refractivity contribution in [1.29, 1.82) is 0 Å². The maximum Gasteiger partial charge on any atom is 0.338 e. The van der Waals surface area contributed by atoms with E-state index in [2.05, 4.69) is 5.32 Å². The van der Waals surface area contributed by atoms with E-state index in [1.807, 2.05) is 26.0 Å². The smallest absolute Gasteiger partial charge is 0.338 e. The van der Waals surface area contributed by atoms with Crippen molar-refractivity contribution in [2.45, 2.75) is 32.7 Å². The molecule has 0 heterocycles. The van der Waals surface area contributed by atoms with Crippen LogP contribution in [0.3, 0.4) is 0 Å². The Bertz CT molecular complexity index is 480. The van der Waals surface area contributed by atoms with Crippen molar-refractivity contribution in [2.24, 2.45) is 5.92 Å². The molecule has 1 saturated carbocycles. The SMILES string of the molecule is Cc1ccccc1C(=O)OCC(=O)N[C@@H](C)C1CC1. The van der Waals surface area contributed by atoms with Gasteiger partial charge in [-0.3, -0.25) is 4.79 Å². The molecular formula is C15H19NO3. The molecule has 0 bridgehead atoms. The van der Waals surface area contributed by atoms with Crippen LogP contribution in [0, 0.1) is 12.8 Å². The lowest BCUT2D eigenvalue weighted by Crippen LogP contribution is -2.37. The van der Waals surface area contributed by atoms with E-state index >= 15 is 0 Å². The average molecular weight is 261 g/mol. The predicted molar refractivity (Wildman–Crippen MR) is 71.8 cm³/mol. The normalized spacial score (nSPS) is 15.7. The minimum absolute atomic E-state index is 0.171. The first-order valence-corrected chi connectivity index (χ1v) is 6.60. The number of carbonyl (C=O) groups is 2. The third-order valence-electron chi connectivity index (χ3n) is 3.42. The fourth-order valence-electron chi connectivity index (χ4n) is 2.02. The van der Waals surface area contributed by atoms with Crippen molar-refractivity contribution >= 4 is 11.9 Å². The summed E-state index contributed by atoms with van der Waals surface area (Å²) in [5.74, 6) is -0.0929. The summed E-state index contributed by atoms with van der Waals surface area (Å²) >= 11 is 0. The molecule has 1 aliphatic carbocycles. The fourth-order valence-corrected chi connectivity index (χ4v) is 2.02. The first-order valence-electron chi connectivity index (χ1n) is 6.60. The van der Waals surface area contributed by atoms with Crippen LogP contribution in [0.15, 0.2) is 24.3 Å². The molecule has 2 rings (SSSR count). The quantitative estimate of drug-likeness (QED) is 0.825. The molecule has 1 amide bonds. The number of esters is 1. The third-order valence-corrected chi connectivity index (χ3v) is 3.42. The maximum absolute atomic E-state index is 11.8. The lowest BCUT2D eigenvalue weighted by molar-refractivity contribution is -0.124.